The Morgan fingerprint density at radius 2 is 2.12 bits per heavy atom. The fraction of sp³-hybridized carbons (Fsp3) is 0.417. The third-order valence-electron chi connectivity index (χ3n) is 2.41. The van der Waals surface area contributed by atoms with Crippen LogP contribution in [0.15, 0.2) is 18.2 Å². The van der Waals surface area contributed by atoms with Crippen LogP contribution in [0, 0.1) is 6.92 Å². The Balaban J connectivity index is 0.00000225. The van der Waals surface area contributed by atoms with E-state index in [1.165, 1.54) is 11.1 Å². The van der Waals surface area contributed by atoms with E-state index in [1.54, 1.807) is 6.92 Å². The quantitative estimate of drug-likeness (QED) is 0.854. The van der Waals surface area contributed by atoms with Crippen LogP contribution in [0.2, 0.25) is 0 Å². The van der Waals surface area contributed by atoms with Gasteiger partial charge in [0.1, 0.15) is 0 Å². The normalized spacial score (nSPS) is 11.5. The van der Waals surface area contributed by atoms with E-state index in [0.29, 0.717) is 0 Å². The van der Waals surface area contributed by atoms with Crippen molar-refractivity contribution in [1.82, 2.24) is 0 Å². The van der Waals surface area contributed by atoms with Gasteiger partial charge in [0.15, 0.2) is 0 Å². The highest BCUT2D eigenvalue weighted by Crippen LogP contribution is 2.15. The fourth-order valence-electron chi connectivity index (χ4n) is 1.39. The third kappa shape index (κ3) is 3.83. The van der Waals surface area contributed by atoms with Crippen molar-refractivity contribution in [2.45, 2.75) is 33.2 Å². The number of carbonyl (C=O) groups is 1. The molecule has 0 aromatic heterocycles. The number of halogens is 1. The number of benzene rings is 1. The maximum atomic E-state index is 11.4. The van der Waals surface area contributed by atoms with Gasteiger partial charge in [-0.05, 0) is 43.5 Å². The lowest BCUT2D eigenvalue weighted by atomic mass is 10.1. The van der Waals surface area contributed by atoms with Gasteiger partial charge in [-0.25, -0.2) is 0 Å². The lowest BCUT2D eigenvalue weighted by Gasteiger charge is -2.10. The summed E-state index contributed by atoms with van der Waals surface area (Å²) in [5, 5.41) is 2.78. The number of rotatable bonds is 3. The first-order valence-electron chi connectivity index (χ1n) is 5.20. The van der Waals surface area contributed by atoms with E-state index < -0.39 is 6.04 Å². The van der Waals surface area contributed by atoms with Crippen molar-refractivity contribution in [2.24, 2.45) is 5.73 Å². The molecule has 3 N–H and O–H groups in total. The van der Waals surface area contributed by atoms with Gasteiger partial charge in [0.25, 0.3) is 0 Å². The van der Waals surface area contributed by atoms with Crippen LogP contribution in [0.1, 0.15) is 25.0 Å². The van der Waals surface area contributed by atoms with Gasteiger partial charge in [-0.1, -0.05) is 13.0 Å². The molecule has 0 saturated heterocycles. The Bertz CT molecular complexity index is 364. The standard InChI is InChI=1S/C12H18N2O.ClH/c1-4-10-7-11(6-5-8(10)2)14-12(15)9(3)13;/h5-7,9H,4,13H2,1-3H3,(H,14,15);1H/t9-;/m1./s1. The van der Waals surface area contributed by atoms with Crippen molar-refractivity contribution in [3.63, 3.8) is 0 Å². The largest absolute Gasteiger partial charge is 0.325 e. The SMILES string of the molecule is CCc1cc(NC(=O)[C@@H](C)N)ccc1C.Cl. The molecular weight excluding hydrogens is 224 g/mol. The van der Waals surface area contributed by atoms with Crippen molar-refractivity contribution in [1.29, 1.82) is 0 Å². The highest BCUT2D eigenvalue weighted by Gasteiger charge is 2.07. The molecule has 4 heteroatoms. The summed E-state index contributed by atoms with van der Waals surface area (Å²) in [5.74, 6) is -0.152. The first kappa shape index (κ1) is 14.9. The molecule has 1 atom stereocenters. The number of amides is 1. The molecule has 0 heterocycles. The summed E-state index contributed by atoms with van der Waals surface area (Å²) >= 11 is 0. The van der Waals surface area contributed by atoms with Crippen LogP contribution in [-0.4, -0.2) is 11.9 Å². The minimum absolute atomic E-state index is 0. The summed E-state index contributed by atoms with van der Waals surface area (Å²) in [6.07, 6.45) is 0.966. The Hall–Kier alpha value is -1.06. The number of hydrogen-bond acceptors (Lipinski definition) is 2. The van der Waals surface area contributed by atoms with Gasteiger partial charge in [-0.3, -0.25) is 4.79 Å². The average Bonchev–Trinajstić information content (AvgIpc) is 2.20. The number of nitrogens with two attached hydrogens (primary N) is 1. The minimum atomic E-state index is -0.476. The number of anilines is 1. The van der Waals surface area contributed by atoms with Gasteiger partial charge in [0.05, 0.1) is 6.04 Å². The van der Waals surface area contributed by atoms with Gasteiger partial charge in [-0.15, -0.1) is 12.4 Å². The number of aryl methyl sites for hydroxylation is 2. The molecule has 1 amide bonds. The average molecular weight is 243 g/mol. The van der Waals surface area contributed by atoms with Gasteiger partial charge >= 0.3 is 0 Å². The molecule has 0 saturated carbocycles. The smallest absolute Gasteiger partial charge is 0.240 e. The van der Waals surface area contributed by atoms with Gasteiger partial charge in [-0.2, -0.15) is 0 Å². The van der Waals surface area contributed by atoms with Crippen molar-refractivity contribution in [3.8, 4) is 0 Å². The molecule has 1 aromatic carbocycles. The summed E-state index contributed by atoms with van der Waals surface area (Å²) in [6.45, 7) is 5.83. The van der Waals surface area contributed by atoms with E-state index in [1.807, 2.05) is 18.2 Å². The first-order chi connectivity index (χ1) is 7.04. The van der Waals surface area contributed by atoms with Crippen LogP contribution in [0.5, 0.6) is 0 Å². The molecule has 1 aromatic rings. The Morgan fingerprint density at radius 3 is 2.62 bits per heavy atom. The predicted octanol–water partition coefficient (Wildman–Crippen LogP) is 2.26. The van der Waals surface area contributed by atoms with Crippen molar-refractivity contribution in [2.75, 3.05) is 5.32 Å². The lowest BCUT2D eigenvalue weighted by Crippen LogP contribution is -2.32. The molecule has 0 radical (unpaired) electrons. The molecule has 0 fully saturated rings. The maximum Gasteiger partial charge on any atom is 0.240 e. The summed E-state index contributed by atoms with van der Waals surface area (Å²) in [6, 6.07) is 5.43. The first-order valence-corrected chi connectivity index (χ1v) is 5.20. The van der Waals surface area contributed by atoms with Crippen LogP contribution in [-0.2, 0) is 11.2 Å². The predicted molar refractivity (Wildman–Crippen MR) is 70.1 cm³/mol. The lowest BCUT2D eigenvalue weighted by molar-refractivity contribution is -0.117. The molecule has 0 unspecified atom stereocenters. The molecule has 0 aliphatic heterocycles. The van der Waals surface area contributed by atoms with Gasteiger partial charge < -0.3 is 11.1 Å². The molecule has 0 aliphatic carbocycles. The zero-order valence-corrected chi connectivity index (χ0v) is 10.7. The molecular formula is C12H19ClN2O. The number of nitrogens with one attached hydrogen (secondary N) is 1. The monoisotopic (exact) mass is 242 g/mol. The van der Waals surface area contributed by atoms with Crippen LogP contribution in [0.3, 0.4) is 0 Å². The maximum absolute atomic E-state index is 11.4. The van der Waals surface area contributed by atoms with Gasteiger partial charge in [0.2, 0.25) is 5.91 Å². The van der Waals surface area contributed by atoms with E-state index in [-0.39, 0.29) is 18.3 Å². The second-order valence-electron chi connectivity index (χ2n) is 3.77. The van der Waals surface area contributed by atoms with Crippen LogP contribution >= 0.6 is 12.4 Å². The third-order valence-corrected chi connectivity index (χ3v) is 2.41. The molecule has 16 heavy (non-hydrogen) atoms. The molecule has 0 spiro atoms. The van der Waals surface area contributed by atoms with Crippen molar-refractivity contribution >= 4 is 24.0 Å². The summed E-state index contributed by atoms with van der Waals surface area (Å²) in [4.78, 5) is 11.4. The fourth-order valence-corrected chi connectivity index (χ4v) is 1.39. The minimum Gasteiger partial charge on any atom is -0.325 e. The Labute approximate surface area is 103 Å². The Kier molecular flexibility index (Phi) is 6.08. The summed E-state index contributed by atoms with van der Waals surface area (Å²) in [5.41, 5.74) is 8.79. The topological polar surface area (TPSA) is 55.1 Å². The summed E-state index contributed by atoms with van der Waals surface area (Å²) in [7, 11) is 0. The van der Waals surface area contributed by atoms with Crippen molar-refractivity contribution < 1.29 is 4.79 Å². The van der Waals surface area contributed by atoms with Gasteiger partial charge in [0, 0.05) is 5.69 Å². The highest BCUT2D eigenvalue weighted by molar-refractivity contribution is 5.94. The Morgan fingerprint density at radius 1 is 1.50 bits per heavy atom. The summed E-state index contributed by atoms with van der Waals surface area (Å²) < 4.78 is 0. The second-order valence-corrected chi connectivity index (χ2v) is 3.77. The molecule has 1 rings (SSSR count). The van der Waals surface area contributed by atoms with Crippen molar-refractivity contribution in [3.05, 3.63) is 29.3 Å². The molecule has 0 bridgehead atoms. The van der Waals surface area contributed by atoms with Crippen LogP contribution < -0.4 is 11.1 Å². The second kappa shape index (κ2) is 6.51. The van der Waals surface area contributed by atoms with Crippen LogP contribution in [0.4, 0.5) is 5.69 Å². The van der Waals surface area contributed by atoms with E-state index >= 15 is 0 Å². The zero-order valence-electron chi connectivity index (χ0n) is 9.91. The van der Waals surface area contributed by atoms with E-state index in [9.17, 15) is 4.79 Å². The van der Waals surface area contributed by atoms with E-state index in [2.05, 4.69) is 19.2 Å². The molecule has 3 nitrogen and oxygen atoms in total. The number of hydrogen-bond donors (Lipinski definition) is 2. The van der Waals surface area contributed by atoms with Crippen LogP contribution in [0.25, 0.3) is 0 Å². The number of carbonyl (C=O) groups excluding carboxylic acids is 1. The highest BCUT2D eigenvalue weighted by atomic mass is 35.5. The zero-order chi connectivity index (χ0) is 11.4. The van der Waals surface area contributed by atoms with E-state index in [4.69, 9.17) is 5.73 Å². The molecule has 90 valence electrons. The molecule has 0 aliphatic rings. The van der Waals surface area contributed by atoms with E-state index in [0.717, 1.165) is 12.1 Å².